The molecular weight excluding hydrogens is 367 g/mol. The largest absolute Gasteiger partial charge is 0.319 e. The van der Waals surface area contributed by atoms with Crippen molar-refractivity contribution < 1.29 is 9.18 Å². The van der Waals surface area contributed by atoms with E-state index in [4.69, 9.17) is 0 Å². The Balaban J connectivity index is 1.78. The predicted molar refractivity (Wildman–Crippen MR) is 111 cm³/mol. The Labute approximate surface area is 167 Å². The van der Waals surface area contributed by atoms with Gasteiger partial charge in [-0.05, 0) is 55.8 Å². The molecule has 0 bridgehead atoms. The number of hydrogen-bond acceptors (Lipinski definition) is 3. The number of aromatic nitrogens is 3. The average Bonchev–Trinajstić information content (AvgIpc) is 3.14. The number of amides is 1. The molecule has 144 valence electrons. The van der Waals surface area contributed by atoms with Crippen LogP contribution >= 0.6 is 0 Å². The lowest BCUT2D eigenvalue weighted by Crippen LogP contribution is -2.14. The van der Waals surface area contributed by atoms with Gasteiger partial charge in [0.1, 0.15) is 5.82 Å². The fourth-order valence-corrected chi connectivity index (χ4v) is 3.07. The van der Waals surface area contributed by atoms with Crippen LogP contribution in [0.5, 0.6) is 0 Å². The lowest BCUT2D eigenvalue weighted by Gasteiger charge is -2.07. The molecule has 0 unspecified atom stereocenters. The van der Waals surface area contributed by atoms with E-state index in [1.54, 1.807) is 10.7 Å². The number of halogens is 1. The van der Waals surface area contributed by atoms with Crippen molar-refractivity contribution in [1.29, 1.82) is 0 Å². The minimum absolute atomic E-state index is 0.00673. The minimum Gasteiger partial charge on any atom is -0.319 e. The van der Waals surface area contributed by atoms with Crippen molar-refractivity contribution in [3.63, 3.8) is 0 Å². The van der Waals surface area contributed by atoms with Gasteiger partial charge >= 0.3 is 0 Å². The number of hydrogen-bond donors (Lipinski definition) is 1. The maximum Gasteiger partial charge on any atom is 0.295 e. The number of anilines is 1. The molecule has 5 nitrogen and oxygen atoms in total. The minimum atomic E-state index is -0.504. The first-order valence-corrected chi connectivity index (χ1v) is 9.18. The van der Waals surface area contributed by atoms with Gasteiger partial charge in [-0.2, -0.15) is 0 Å². The molecule has 3 aromatic carbocycles. The van der Waals surface area contributed by atoms with Gasteiger partial charge in [0.05, 0.1) is 5.69 Å². The summed E-state index contributed by atoms with van der Waals surface area (Å²) in [4.78, 5) is 17.2. The second-order valence-electron chi connectivity index (χ2n) is 6.84. The van der Waals surface area contributed by atoms with E-state index in [0.717, 1.165) is 22.4 Å². The maximum atomic E-state index is 13.4. The van der Waals surface area contributed by atoms with Crippen LogP contribution in [-0.2, 0) is 0 Å². The smallest absolute Gasteiger partial charge is 0.295 e. The number of nitrogens with zero attached hydrogens (tertiary/aromatic N) is 3. The highest BCUT2D eigenvalue weighted by molar-refractivity contribution is 6.01. The van der Waals surface area contributed by atoms with Gasteiger partial charge < -0.3 is 5.32 Å². The second-order valence-corrected chi connectivity index (χ2v) is 6.84. The molecule has 0 fully saturated rings. The van der Waals surface area contributed by atoms with Crippen LogP contribution in [-0.4, -0.2) is 20.7 Å². The monoisotopic (exact) mass is 386 g/mol. The first-order chi connectivity index (χ1) is 14.0. The van der Waals surface area contributed by atoms with E-state index in [1.807, 2.05) is 62.4 Å². The Bertz CT molecular complexity index is 1140. The van der Waals surface area contributed by atoms with Crippen LogP contribution in [0.4, 0.5) is 10.1 Å². The molecule has 1 aromatic heterocycles. The Morgan fingerprint density at radius 3 is 2.38 bits per heavy atom. The number of nitrogens with one attached hydrogen (secondary N) is 1. The SMILES string of the molecule is Cc1cccc(-c2nc(C(=O)Nc3cccc(F)c3)nn2-c2cccc(C)c2)c1. The van der Waals surface area contributed by atoms with E-state index in [2.05, 4.69) is 15.4 Å². The van der Waals surface area contributed by atoms with Gasteiger partial charge in [0.25, 0.3) is 5.91 Å². The predicted octanol–water partition coefficient (Wildman–Crippen LogP) is 4.94. The fourth-order valence-electron chi connectivity index (χ4n) is 3.07. The molecule has 29 heavy (non-hydrogen) atoms. The molecular formula is C23H19FN4O. The number of rotatable bonds is 4. The highest BCUT2D eigenvalue weighted by Crippen LogP contribution is 2.23. The molecule has 0 saturated heterocycles. The topological polar surface area (TPSA) is 59.8 Å². The lowest BCUT2D eigenvalue weighted by atomic mass is 10.1. The Morgan fingerprint density at radius 1 is 0.931 bits per heavy atom. The summed E-state index contributed by atoms with van der Waals surface area (Å²) in [6.45, 7) is 3.98. The third-order valence-electron chi connectivity index (χ3n) is 4.42. The highest BCUT2D eigenvalue weighted by atomic mass is 19.1. The first kappa shape index (κ1) is 18.6. The van der Waals surface area contributed by atoms with Crippen LogP contribution in [0.3, 0.4) is 0 Å². The van der Waals surface area contributed by atoms with Gasteiger partial charge in [-0.1, -0.05) is 42.0 Å². The average molecular weight is 386 g/mol. The molecule has 4 aromatic rings. The van der Waals surface area contributed by atoms with Crippen LogP contribution in [0.25, 0.3) is 17.1 Å². The quantitative estimate of drug-likeness (QED) is 0.540. The number of carbonyl (C=O) groups excluding carboxylic acids is 1. The van der Waals surface area contributed by atoms with E-state index in [9.17, 15) is 9.18 Å². The molecule has 0 atom stereocenters. The van der Waals surface area contributed by atoms with Crippen molar-refractivity contribution in [2.24, 2.45) is 0 Å². The summed E-state index contributed by atoms with van der Waals surface area (Å²) in [6.07, 6.45) is 0. The molecule has 0 aliphatic heterocycles. The van der Waals surface area contributed by atoms with E-state index in [-0.39, 0.29) is 5.82 Å². The normalized spacial score (nSPS) is 10.7. The zero-order valence-corrected chi connectivity index (χ0v) is 16.1. The molecule has 0 spiro atoms. The van der Waals surface area contributed by atoms with Crippen molar-refractivity contribution in [2.45, 2.75) is 13.8 Å². The lowest BCUT2D eigenvalue weighted by molar-refractivity contribution is 0.101. The van der Waals surface area contributed by atoms with Crippen LogP contribution in [0.1, 0.15) is 21.7 Å². The van der Waals surface area contributed by atoms with Crippen molar-refractivity contribution in [3.8, 4) is 17.1 Å². The van der Waals surface area contributed by atoms with Gasteiger partial charge in [0.15, 0.2) is 5.82 Å². The number of aryl methyl sites for hydroxylation is 2. The zero-order chi connectivity index (χ0) is 20.4. The van der Waals surface area contributed by atoms with Crippen molar-refractivity contribution in [1.82, 2.24) is 14.8 Å². The summed E-state index contributed by atoms with van der Waals surface area (Å²) in [5, 5.41) is 7.09. The van der Waals surface area contributed by atoms with Gasteiger partial charge in [-0.15, -0.1) is 5.10 Å². The van der Waals surface area contributed by atoms with Gasteiger partial charge in [-0.25, -0.2) is 14.1 Å². The molecule has 1 heterocycles. The Morgan fingerprint density at radius 2 is 1.66 bits per heavy atom. The van der Waals surface area contributed by atoms with Crippen LogP contribution < -0.4 is 5.32 Å². The van der Waals surface area contributed by atoms with Crippen LogP contribution in [0.15, 0.2) is 72.8 Å². The number of carbonyl (C=O) groups is 1. The van der Waals surface area contributed by atoms with E-state index in [1.165, 1.54) is 18.2 Å². The molecule has 0 radical (unpaired) electrons. The summed E-state index contributed by atoms with van der Waals surface area (Å²) < 4.78 is 15.1. The number of benzene rings is 3. The van der Waals surface area contributed by atoms with Crippen LogP contribution in [0.2, 0.25) is 0 Å². The van der Waals surface area contributed by atoms with E-state index in [0.29, 0.717) is 11.5 Å². The van der Waals surface area contributed by atoms with Crippen LogP contribution in [0, 0.1) is 19.7 Å². The molecule has 0 aliphatic carbocycles. The third-order valence-corrected chi connectivity index (χ3v) is 4.42. The van der Waals surface area contributed by atoms with Crippen molar-refractivity contribution >= 4 is 11.6 Å². The summed E-state index contributed by atoms with van der Waals surface area (Å²) >= 11 is 0. The fraction of sp³-hybridized carbons (Fsp3) is 0.0870. The maximum absolute atomic E-state index is 13.4. The van der Waals surface area contributed by atoms with Crippen molar-refractivity contribution in [3.05, 3.63) is 95.6 Å². The third kappa shape index (κ3) is 4.06. The van der Waals surface area contributed by atoms with Gasteiger partial charge in [0, 0.05) is 11.3 Å². The summed E-state index contributed by atoms with van der Waals surface area (Å²) in [6, 6.07) is 21.4. The standard InChI is InChI=1S/C23H19FN4O/c1-15-6-3-8-17(12-15)22-26-21(23(29)25-19-10-5-9-18(24)14-19)27-28(22)20-11-4-7-16(2)13-20/h3-14H,1-2H3,(H,25,29). The molecule has 0 aliphatic rings. The Kier molecular flexibility index (Phi) is 4.91. The summed E-state index contributed by atoms with van der Waals surface area (Å²) in [5.74, 6) is -0.367. The van der Waals surface area contributed by atoms with E-state index < -0.39 is 11.7 Å². The van der Waals surface area contributed by atoms with Gasteiger partial charge in [0.2, 0.25) is 5.82 Å². The molecule has 1 N–H and O–H groups in total. The summed E-state index contributed by atoms with van der Waals surface area (Å²) in [5.41, 5.74) is 4.15. The molecule has 6 heteroatoms. The highest BCUT2D eigenvalue weighted by Gasteiger charge is 2.19. The second kappa shape index (κ2) is 7.67. The zero-order valence-electron chi connectivity index (χ0n) is 16.1. The Hall–Kier alpha value is -3.80. The summed E-state index contributed by atoms with van der Waals surface area (Å²) in [7, 11) is 0. The first-order valence-electron chi connectivity index (χ1n) is 9.18. The molecule has 1 amide bonds. The molecule has 4 rings (SSSR count). The van der Waals surface area contributed by atoms with Crippen molar-refractivity contribution in [2.75, 3.05) is 5.32 Å². The van der Waals surface area contributed by atoms with E-state index >= 15 is 0 Å². The molecule has 0 saturated carbocycles. The van der Waals surface area contributed by atoms with Gasteiger partial charge in [-0.3, -0.25) is 4.79 Å².